The lowest BCUT2D eigenvalue weighted by molar-refractivity contribution is 0.402. The number of aryl methyl sites for hydroxylation is 1. The Bertz CT molecular complexity index is 999. The number of hydrogen-bond donors (Lipinski definition) is 1. The molecule has 2 aromatic heterocycles. The number of fused-ring (bicyclic) bond motifs is 1. The predicted molar refractivity (Wildman–Crippen MR) is 92.0 cm³/mol. The third-order valence-electron chi connectivity index (χ3n) is 3.52. The molecule has 0 atom stereocenters. The van der Waals surface area contributed by atoms with Crippen molar-refractivity contribution >= 4 is 27.3 Å². The number of hydrogen-bond acceptors (Lipinski definition) is 4. The zero-order chi connectivity index (χ0) is 17.3. The lowest BCUT2D eigenvalue weighted by atomic mass is 10.2. The summed E-state index contributed by atoms with van der Waals surface area (Å²) in [7, 11) is -2.28. The first kappa shape index (κ1) is 16.8. The van der Waals surface area contributed by atoms with Crippen LogP contribution < -0.4 is 9.46 Å². The molecule has 0 aliphatic rings. The third-order valence-corrected chi connectivity index (χ3v) is 5.16. The highest BCUT2D eigenvalue weighted by atomic mass is 35.5. The van der Waals surface area contributed by atoms with Gasteiger partial charge in [0.2, 0.25) is 10.0 Å². The van der Waals surface area contributed by atoms with Gasteiger partial charge in [-0.3, -0.25) is 0 Å². The molecule has 24 heavy (non-hydrogen) atoms. The van der Waals surface area contributed by atoms with Gasteiger partial charge < -0.3 is 9.14 Å². The molecule has 0 saturated carbocycles. The molecule has 0 aliphatic heterocycles. The molecule has 1 aromatic carbocycles. The van der Waals surface area contributed by atoms with Crippen LogP contribution in [0.15, 0.2) is 47.6 Å². The maximum absolute atomic E-state index is 12.6. The Hall–Kier alpha value is -2.09. The minimum absolute atomic E-state index is 0.0682. The summed E-state index contributed by atoms with van der Waals surface area (Å²) >= 11 is 5.93. The lowest BCUT2D eigenvalue weighted by Crippen LogP contribution is -2.24. The molecule has 3 rings (SSSR count). The number of methoxy groups -OCH3 is 1. The summed E-state index contributed by atoms with van der Waals surface area (Å²) in [5.74, 6) is 0.301. The molecular formula is C16H16ClN3O3S. The van der Waals surface area contributed by atoms with Gasteiger partial charge in [0, 0.05) is 12.4 Å². The number of nitrogens with one attached hydrogen (secondary N) is 1. The van der Waals surface area contributed by atoms with Gasteiger partial charge in [-0.15, -0.1) is 0 Å². The van der Waals surface area contributed by atoms with Gasteiger partial charge in [0.05, 0.1) is 24.4 Å². The van der Waals surface area contributed by atoms with Crippen molar-refractivity contribution in [2.45, 2.75) is 18.4 Å². The molecule has 0 radical (unpaired) electrons. The van der Waals surface area contributed by atoms with E-state index in [4.69, 9.17) is 16.3 Å². The van der Waals surface area contributed by atoms with Crippen LogP contribution in [0.5, 0.6) is 5.75 Å². The number of sulfonamides is 1. The molecule has 0 amide bonds. The van der Waals surface area contributed by atoms with E-state index in [1.165, 1.54) is 7.11 Å². The van der Waals surface area contributed by atoms with Crippen molar-refractivity contribution in [3.05, 3.63) is 59.0 Å². The van der Waals surface area contributed by atoms with Crippen LogP contribution in [0.2, 0.25) is 5.02 Å². The molecule has 3 aromatic rings. The summed E-state index contributed by atoms with van der Waals surface area (Å²) in [6.45, 7) is 1.89. The number of rotatable bonds is 5. The third kappa shape index (κ3) is 3.38. The van der Waals surface area contributed by atoms with Crippen molar-refractivity contribution in [2.24, 2.45) is 0 Å². The van der Waals surface area contributed by atoms with E-state index in [0.717, 1.165) is 5.56 Å². The minimum Gasteiger partial charge on any atom is -0.495 e. The van der Waals surface area contributed by atoms with Crippen molar-refractivity contribution in [3.8, 4) is 5.75 Å². The maximum Gasteiger partial charge on any atom is 0.244 e. The fourth-order valence-electron chi connectivity index (χ4n) is 2.34. The van der Waals surface area contributed by atoms with Crippen LogP contribution >= 0.6 is 11.6 Å². The van der Waals surface area contributed by atoms with Crippen molar-refractivity contribution in [2.75, 3.05) is 7.11 Å². The second kappa shape index (κ2) is 6.43. The van der Waals surface area contributed by atoms with Gasteiger partial charge in [-0.25, -0.2) is 18.1 Å². The van der Waals surface area contributed by atoms with Gasteiger partial charge in [-0.2, -0.15) is 0 Å². The topological polar surface area (TPSA) is 72.7 Å². The van der Waals surface area contributed by atoms with E-state index in [9.17, 15) is 8.42 Å². The van der Waals surface area contributed by atoms with Crippen LogP contribution in [0.1, 0.15) is 11.3 Å². The summed E-state index contributed by atoms with van der Waals surface area (Å²) in [5, 5.41) is 0.580. The highest BCUT2D eigenvalue weighted by molar-refractivity contribution is 7.89. The Kier molecular flexibility index (Phi) is 4.49. The predicted octanol–water partition coefficient (Wildman–Crippen LogP) is 2.78. The number of nitrogens with zero attached hydrogens (tertiary/aromatic N) is 2. The second-order valence-electron chi connectivity index (χ2n) is 5.32. The van der Waals surface area contributed by atoms with Crippen LogP contribution in [0.4, 0.5) is 0 Å². The first-order valence-electron chi connectivity index (χ1n) is 7.16. The van der Waals surface area contributed by atoms with E-state index >= 15 is 0 Å². The van der Waals surface area contributed by atoms with Gasteiger partial charge in [0.15, 0.2) is 0 Å². The van der Waals surface area contributed by atoms with E-state index in [0.29, 0.717) is 22.1 Å². The number of halogens is 1. The van der Waals surface area contributed by atoms with Crippen molar-refractivity contribution in [1.82, 2.24) is 14.1 Å². The molecule has 126 valence electrons. The largest absolute Gasteiger partial charge is 0.495 e. The summed E-state index contributed by atoms with van der Waals surface area (Å²) in [4.78, 5) is 4.46. The fourth-order valence-corrected chi connectivity index (χ4v) is 3.76. The lowest BCUT2D eigenvalue weighted by Gasteiger charge is -2.10. The van der Waals surface area contributed by atoms with Gasteiger partial charge in [-0.1, -0.05) is 17.7 Å². The maximum atomic E-state index is 12.6. The molecule has 1 N–H and O–H groups in total. The van der Waals surface area contributed by atoms with Crippen LogP contribution in [-0.2, 0) is 16.6 Å². The average molecular weight is 366 g/mol. The van der Waals surface area contributed by atoms with Gasteiger partial charge in [-0.05, 0) is 36.8 Å². The van der Waals surface area contributed by atoms with Crippen LogP contribution in [0, 0.1) is 6.92 Å². The SMILES string of the molecule is COc1ccc(C)cc1S(=O)(=O)NCc1cn2cc(Cl)ccc2n1. The zero-order valence-corrected chi connectivity index (χ0v) is 14.7. The normalized spacial score (nSPS) is 11.8. The van der Waals surface area contributed by atoms with E-state index in [1.807, 2.05) is 6.92 Å². The van der Waals surface area contributed by atoms with Crippen LogP contribution in [0.3, 0.4) is 0 Å². The number of imidazole rings is 1. The van der Waals surface area contributed by atoms with Crippen molar-refractivity contribution in [1.29, 1.82) is 0 Å². The van der Waals surface area contributed by atoms with Gasteiger partial charge in [0.1, 0.15) is 16.3 Å². The number of ether oxygens (including phenoxy) is 1. The summed E-state index contributed by atoms with van der Waals surface area (Å²) in [6, 6.07) is 8.50. The Morgan fingerprint density at radius 1 is 1.25 bits per heavy atom. The Morgan fingerprint density at radius 3 is 2.79 bits per heavy atom. The fraction of sp³-hybridized carbons (Fsp3) is 0.188. The first-order valence-corrected chi connectivity index (χ1v) is 9.02. The number of pyridine rings is 1. The molecule has 0 saturated heterocycles. The molecule has 2 heterocycles. The molecule has 0 unspecified atom stereocenters. The highest BCUT2D eigenvalue weighted by Crippen LogP contribution is 2.24. The first-order chi connectivity index (χ1) is 11.4. The molecular weight excluding hydrogens is 350 g/mol. The summed E-state index contributed by atoms with van der Waals surface area (Å²) in [6.07, 6.45) is 3.45. The Morgan fingerprint density at radius 2 is 2.04 bits per heavy atom. The zero-order valence-electron chi connectivity index (χ0n) is 13.2. The van der Waals surface area contributed by atoms with Crippen LogP contribution in [0.25, 0.3) is 5.65 Å². The minimum atomic E-state index is -3.72. The molecule has 0 aliphatic carbocycles. The summed E-state index contributed by atoms with van der Waals surface area (Å²) < 4.78 is 34.6. The van der Waals surface area contributed by atoms with Crippen molar-refractivity contribution in [3.63, 3.8) is 0 Å². The van der Waals surface area contributed by atoms with E-state index in [1.54, 1.807) is 47.1 Å². The monoisotopic (exact) mass is 365 g/mol. The molecule has 0 bridgehead atoms. The van der Waals surface area contributed by atoms with Gasteiger partial charge >= 0.3 is 0 Å². The van der Waals surface area contributed by atoms with Crippen molar-refractivity contribution < 1.29 is 13.2 Å². The Balaban J connectivity index is 1.85. The smallest absolute Gasteiger partial charge is 0.244 e. The number of benzene rings is 1. The number of aromatic nitrogens is 2. The molecule has 8 heteroatoms. The average Bonchev–Trinajstić information content (AvgIpc) is 2.95. The molecule has 6 nitrogen and oxygen atoms in total. The highest BCUT2D eigenvalue weighted by Gasteiger charge is 2.20. The quantitative estimate of drug-likeness (QED) is 0.754. The Labute approximate surface area is 145 Å². The molecule has 0 fully saturated rings. The summed E-state index contributed by atoms with van der Waals surface area (Å²) in [5.41, 5.74) is 2.12. The van der Waals surface area contributed by atoms with Crippen LogP contribution in [-0.4, -0.2) is 24.9 Å². The van der Waals surface area contributed by atoms with E-state index in [-0.39, 0.29) is 11.4 Å². The molecule has 0 spiro atoms. The standard InChI is InChI=1S/C16H16ClN3O3S/c1-11-3-5-14(23-2)15(7-11)24(21,22)18-8-13-10-20-9-12(17)4-6-16(20)19-13/h3-7,9-10,18H,8H2,1-2H3. The van der Waals surface area contributed by atoms with E-state index in [2.05, 4.69) is 9.71 Å². The van der Waals surface area contributed by atoms with E-state index < -0.39 is 10.0 Å². The van der Waals surface area contributed by atoms with Gasteiger partial charge in [0.25, 0.3) is 0 Å². The second-order valence-corrected chi connectivity index (χ2v) is 7.50.